The number of imide groups is 1. The van der Waals surface area contributed by atoms with Gasteiger partial charge in [0.15, 0.2) is 6.10 Å². The molecule has 0 fully saturated rings. The number of hydrogen-bond acceptors (Lipinski definition) is 6. The Hall–Kier alpha value is -2.74. The van der Waals surface area contributed by atoms with Crippen molar-refractivity contribution in [3.8, 4) is 10.6 Å². The number of ether oxygens (including phenoxy) is 1. The molecule has 2 aromatic rings. The summed E-state index contributed by atoms with van der Waals surface area (Å²) < 4.78 is 5.09. The fraction of sp³-hybridized carbons (Fsp3) is 0.368. The first-order valence-electron chi connectivity index (χ1n) is 8.57. The maximum Gasteiger partial charge on any atom is 0.321 e. The Balaban J connectivity index is 1.88. The summed E-state index contributed by atoms with van der Waals surface area (Å²) in [5.74, 6) is -1.26. The first kappa shape index (κ1) is 20.6. The molecule has 0 aliphatic carbocycles. The molecule has 0 bridgehead atoms. The Morgan fingerprint density at radius 1 is 1.22 bits per heavy atom. The van der Waals surface area contributed by atoms with Gasteiger partial charge in [-0.05, 0) is 33.8 Å². The molecular formula is C19H23N3O4S. The second-order valence-electron chi connectivity index (χ2n) is 6.44. The summed E-state index contributed by atoms with van der Waals surface area (Å²) in [6.07, 6.45) is -1.12. The van der Waals surface area contributed by atoms with E-state index in [-0.39, 0.29) is 12.5 Å². The zero-order valence-corrected chi connectivity index (χ0v) is 16.6. The second-order valence-corrected chi connectivity index (χ2v) is 7.30. The van der Waals surface area contributed by atoms with Gasteiger partial charge in [-0.3, -0.25) is 14.9 Å². The number of carbonyl (C=O) groups is 3. The van der Waals surface area contributed by atoms with Crippen molar-refractivity contribution in [1.82, 2.24) is 15.6 Å². The van der Waals surface area contributed by atoms with E-state index in [4.69, 9.17) is 4.74 Å². The molecule has 0 saturated heterocycles. The van der Waals surface area contributed by atoms with Crippen molar-refractivity contribution in [2.24, 2.45) is 0 Å². The average molecular weight is 389 g/mol. The number of carbonyl (C=O) groups excluding carboxylic acids is 3. The number of nitrogens with one attached hydrogen (secondary N) is 2. The lowest BCUT2D eigenvalue weighted by molar-refractivity contribution is -0.153. The Morgan fingerprint density at radius 2 is 1.96 bits per heavy atom. The van der Waals surface area contributed by atoms with Gasteiger partial charge in [0.1, 0.15) is 5.01 Å². The number of rotatable bonds is 6. The predicted molar refractivity (Wildman–Crippen MR) is 103 cm³/mol. The van der Waals surface area contributed by atoms with Crippen LogP contribution in [0.4, 0.5) is 4.79 Å². The third-order valence-corrected chi connectivity index (χ3v) is 4.42. The van der Waals surface area contributed by atoms with E-state index in [0.29, 0.717) is 5.69 Å². The van der Waals surface area contributed by atoms with Crippen LogP contribution in [0.15, 0.2) is 29.6 Å². The highest BCUT2D eigenvalue weighted by atomic mass is 32.1. The van der Waals surface area contributed by atoms with Crippen molar-refractivity contribution in [2.75, 3.05) is 0 Å². The maximum atomic E-state index is 12.1. The molecule has 2 N–H and O–H groups in total. The van der Waals surface area contributed by atoms with Crippen LogP contribution in [0.1, 0.15) is 32.0 Å². The second kappa shape index (κ2) is 9.27. The van der Waals surface area contributed by atoms with Crippen LogP contribution in [0.5, 0.6) is 0 Å². The summed E-state index contributed by atoms with van der Waals surface area (Å²) in [5, 5.41) is 7.26. The van der Waals surface area contributed by atoms with Crippen LogP contribution in [0, 0.1) is 6.92 Å². The van der Waals surface area contributed by atoms with Gasteiger partial charge in [0.05, 0.1) is 12.1 Å². The number of esters is 1. The molecule has 1 aromatic heterocycles. The number of urea groups is 1. The molecule has 1 atom stereocenters. The Kier molecular flexibility index (Phi) is 7.06. The topological polar surface area (TPSA) is 97.4 Å². The van der Waals surface area contributed by atoms with Gasteiger partial charge >= 0.3 is 12.0 Å². The summed E-state index contributed by atoms with van der Waals surface area (Å²) in [6.45, 7) is 6.96. The molecule has 8 heteroatoms. The smallest absolute Gasteiger partial charge is 0.321 e. The Labute approximate surface area is 162 Å². The fourth-order valence-corrected chi connectivity index (χ4v) is 3.07. The molecular weight excluding hydrogens is 366 g/mol. The molecule has 144 valence electrons. The first-order valence-corrected chi connectivity index (χ1v) is 9.45. The lowest BCUT2D eigenvalue weighted by Gasteiger charge is -2.14. The molecule has 2 rings (SSSR count). The van der Waals surface area contributed by atoms with Crippen molar-refractivity contribution in [1.29, 1.82) is 0 Å². The quantitative estimate of drug-likeness (QED) is 0.741. The van der Waals surface area contributed by atoms with Crippen LogP contribution in [0.3, 0.4) is 0 Å². The van der Waals surface area contributed by atoms with Gasteiger partial charge in [-0.15, -0.1) is 11.3 Å². The summed E-state index contributed by atoms with van der Waals surface area (Å²) in [7, 11) is 0. The third-order valence-electron chi connectivity index (χ3n) is 3.48. The fourth-order valence-electron chi connectivity index (χ4n) is 2.25. The van der Waals surface area contributed by atoms with Gasteiger partial charge in [-0.2, -0.15) is 0 Å². The molecule has 0 aliphatic heterocycles. The van der Waals surface area contributed by atoms with E-state index in [0.717, 1.165) is 16.1 Å². The maximum absolute atomic E-state index is 12.1. The molecule has 1 heterocycles. The highest BCUT2D eigenvalue weighted by molar-refractivity contribution is 7.13. The summed E-state index contributed by atoms with van der Waals surface area (Å²) >= 11 is 1.44. The Morgan fingerprint density at radius 3 is 2.63 bits per heavy atom. The van der Waals surface area contributed by atoms with Crippen molar-refractivity contribution in [3.05, 3.63) is 40.9 Å². The summed E-state index contributed by atoms with van der Waals surface area (Å²) in [6, 6.07) is 7.21. The van der Waals surface area contributed by atoms with Crippen LogP contribution in [-0.2, 0) is 20.7 Å². The van der Waals surface area contributed by atoms with Gasteiger partial charge in [-0.25, -0.2) is 9.78 Å². The highest BCUT2D eigenvalue weighted by Gasteiger charge is 2.21. The predicted octanol–water partition coefficient (Wildman–Crippen LogP) is 2.83. The number of hydrogen-bond donors (Lipinski definition) is 2. The van der Waals surface area contributed by atoms with E-state index in [1.54, 1.807) is 19.2 Å². The van der Waals surface area contributed by atoms with Crippen molar-refractivity contribution < 1.29 is 19.1 Å². The van der Waals surface area contributed by atoms with E-state index in [9.17, 15) is 14.4 Å². The standard InChI is InChI=1S/C19H23N3O4S/c1-11(2)20-19(25)22-17(24)13(4)26-16(23)9-15-10-27-18(21-15)14-7-5-6-12(3)8-14/h5-8,10-11,13H,9H2,1-4H3,(H2,20,22,24,25)/t13-/m0/s1. The SMILES string of the molecule is Cc1cccc(-c2nc(CC(=O)O[C@@H](C)C(=O)NC(=O)NC(C)C)cs2)c1. The molecule has 3 amide bonds. The lowest BCUT2D eigenvalue weighted by atomic mass is 10.1. The van der Waals surface area contributed by atoms with Crippen molar-refractivity contribution >= 4 is 29.2 Å². The van der Waals surface area contributed by atoms with E-state index >= 15 is 0 Å². The number of aromatic nitrogens is 1. The van der Waals surface area contributed by atoms with Gasteiger partial charge in [0, 0.05) is 17.0 Å². The number of aryl methyl sites for hydroxylation is 1. The average Bonchev–Trinajstić information content (AvgIpc) is 3.02. The minimum atomic E-state index is -1.08. The lowest BCUT2D eigenvalue weighted by Crippen LogP contribution is -2.46. The molecule has 0 unspecified atom stereocenters. The van der Waals surface area contributed by atoms with Gasteiger partial charge < -0.3 is 10.1 Å². The minimum Gasteiger partial charge on any atom is -0.452 e. The first-order chi connectivity index (χ1) is 12.7. The van der Waals surface area contributed by atoms with E-state index in [1.165, 1.54) is 18.3 Å². The number of nitrogens with zero attached hydrogens (tertiary/aromatic N) is 1. The monoisotopic (exact) mass is 389 g/mol. The summed E-state index contributed by atoms with van der Waals surface area (Å²) in [4.78, 5) is 39.9. The molecule has 0 radical (unpaired) electrons. The Bertz CT molecular complexity index is 832. The van der Waals surface area contributed by atoms with E-state index in [2.05, 4.69) is 15.6 Å². The van der Waals surface area contributed by atoms with Gasteiger partial charge in [-0.1, -0.05) is 23.8 Å². The van der Waals surface area contributed by atoms with Crippen LogP contribution in [0.25, 0.3) is 10.6 Å². The molecule has 0 spiro atoms. The number of thiazole rings is 1. The van der Waals surface area contributed by atoms with Crippen LogP contribution >= 0.6 is 11.3 Å². The number of amides is 3. The normalized spacial score (nSPS) is 11.7. The van der Waals surface area contributed by atoms with Crippen LogP contribution < -0.4 is 10.6 Å². The molecule has 27 heavy (non-hydrogen) atoms. The van der Waals surface area contributed by atoms with E-state index in [1.807, 2.05) is 31.2 Å². The molecule has 0 aliphatic rings. The third kappa shape index (κ3) is 6.49. The molecule has 0 saturated carbocycles. The van der Waals surface area contributed by atoms with Crippen LogP contribution in [-0.4, -0.2) is 35.0 Å². The molecule has 7 nitrogen and oxygen atoms in total. The van der Waals surface area contributed by atoms with Gasteiger partial charge in [0.25, 0.3) is 5.91 Å². The summed E-state index contributed by atoms with van der Waals surface area (Å²) in [5.41, 5.74) is 2.69. The minimum absolute atomic E-state index is 0.0435. The van der Waals surface area contributed by atoms with Crippen LogP contribution in [0.2, 0.25) is 0 Å². The molecule has 1 aromatic carbocycles. The largest absolute Gasteiger partial charge is 0.452 e. The van der Waals surface area contributed by atoms with Gasteiger partial charge in [0.2, 0.25) is 0 Å². The van der Waals surface area contributed by atoms with Crippen molar-refractivity contribution in [3.63, 3.8) is 0 Å². The zero-order valence-electron chi connectivity index (χ0n) is 15.7. The van der Waals surface area contributed by atoms with E-state index < -0.39 is 24.0 Å². The zero-order chi connectivity index (χ0) is 20.0. The van der Waals surface area contributed by atoms with Crippen molar-refractivity contribution in [2.45, 2.75) is 46.3 Å². The highest BCUT2D eigenvalue weighted by Crippen LogP contribution is 2.24. The number of benzene rings is 1.